The number of fused-ring (bicyclic) bond motifs is 3. The van der Waals surface area contributed by atoms with E-state index in [-0.39, 0.29) is 30.4 Å². The minimum Gasteiger partial charge on any atom is -0.496 e. The van der Waals surface area contributed by atoms with Crippen LogP contribution >= 0.6 is 0 Å². The maximum absolute atomic E-state index is 12.2. The van der Waals surface area contributed by atoms with E-state index >= 15 is 0 Å². The lowest BCUT2D eigenvalue weighted by atomic mass is 9.98. The van der Waals surface area contributed by atoms with Crippen LogP contribution < -0.4 is 15.4 Å². The van der Waals surface area contributed by atoms with Crippen LogP contribution in [0.2, 0.25) is 0 Å². The van der Waals surface area contributed by atoms with E-state index in [2.05, 4.69) is 22.8 Å². The molecule has 8 heteroatoms. The Labute approximate surface area is 190 Å². The molecule has 0 heterocycles. The average molecular weight is 446 g/mol. The van der Waals surface area contributed by atoms with E-state index in [0.717, 1.165) is 22.3 Å². The summed E-state index contributed by atoms with van der Waals surface area (Å²) >= 11 is 0. The minimum absolute atomic E-state index is 0.0211. The molecular weight excluding hydrogens is 424 g/mol. The van der Waals surface area contributed by atoms with Crippen LogP contribution in [0.4, 0.5) is 10.5 Å². The molecule has 0 saturated heterocycles. The Kier molecular flexibility index (Phi) is 6.26. The van der Waals surface area contributed by atoms with Crippen LogP contribution in [0.5, 0.6) is 5.75 Å². The van der Waals surface area contributed by atoms with Crippen molar-refractivity contribution in [1.82, 2.24) is 5.32 Å². The average Bonchev–Trinajstić information content (AvgIpc) is 3.15. The maximum Gasteiger partial charge on any atom is 0.407 e. The lowest BCUT2D eigenvalue weighted by Crippen LogP contribution is -2.34. The molecule has 33 heavy (non-hydrogen) atoms. The van der Waals surface area contributed by atoms with E-state index in [4.69, 9.17) is 14.6 Å². The number of carbonyl (C=O) groups is 3. The highest BCUT2D eigenvalue weighted by Crippen LogP contribution is 2.44. The lowest BCUT2D eigenvalue weighted by molar-refractivity contribution is -0.115. The number of methoxy groups -OCH3 is 1. The normalized spacial score (nSPS) is 11.8. The number of amides is 2. The molecule has 8 nitrogen and oxygen atoms in total. The Morgan fingerprint density at radius 2 is 1.58 bits per heavy atom. The molecule has 3 aromatic rings. The Morgan fingerprint density at radius 3 is 2.18 bits per heavy atom. The van der Waals surface area contributed by atoms with Crippen molar-refractivity contribution in [2.75, 3.05) is 25.6 Å². The molecule has 0 aromatic heterocycles. The maximum atomic E-state index is 12.2. The summed E-state index contributed by atoms with van der Waals surface area (Å²) in [5.74, 6) is -1.59. The van der Waals surface area contributed by atoms with E-state index in [0.29, 0.717) is 5.69 Å². The van der Waals surface area contributed by atoms with Crippen molar-refractivity contribution in [3.63, 3.8) is 0 Å². The Bertz CT molecular complexity index is 1180. The van der Waals surface area contributed by atoms with Crippen LogP contribution in [0.1, 0.15) is 27.4 Å². The van der Waals surface area contributed by atoms with Crippen molar-refractivity contribution < 1.29 is 29.0 Å². The van der Waals surface area contributed by atoms with Gasteiger partial charge in [0.15, 0.2) is 0 Å². The zero-order valence-corrected chi connectivity index (χ0v) is 17.8. The van der Waals surface area contributed by atoms with Crippen LogP contribution in [0, 0.1) is 0 Å². The number of carboxylic acid groups (broad SMARTS) is 1. The van der Waals surface area contributed by atoms with E-state index in [9.17, 15) is 14.4 Å². The Hall–Kier alpha value is -4.33. The molecule has 0 saturated carbocycles. The molecule has 0 atom stereocenters. The largest absolute Gasteiger partial charge is 0.496 e. The fraction of sp³-hybridized carbons (Fsp3) is 0.160. The van der Waals surface area contributed by atoms with Gasteiger partial charge in [0, 0.05) is 17.7 Å². The summed E-state index contributed by atoms with van der Waals surface area (Å²) in [6.45, 7) is -0.158. The number of aromatic carboxylic acids is 1. The summed E-state index contributed by atoms with van der Waals surface area (Å²) in [7, 11) is 1.34. The van der Waals surface area contributed by atoms with Crippen LogP contribution in [0.15, 0.2) is 66.7 Å². The van der Waals surface area contributed by atoms with Gasteiger partial charge in [0.2, 0.25) is 5.91 Å². The molecule has 0 unspecified atom stereocenters. The lowest BCUT2D eigenvalue weighted by Gasteiger charge is -2.14. The number of nitrogens with one attached hydrogen (secondary N) is 2. The highest BCUT2D eigenvalue weighted by atomic mass is 16.5. The van der Waals surface area contributed by atoms with Crippen LogP contribution in [-0.2, 0) is 9.53 Å². The third kappa shape index (κ3) is 4.64. The van der Waals surface area contributed by atoms with Crippen LogP contribution in [0.3, 0.4) is 0 Å². The fourth-order valence-electron chi connectivity index (χ4n) is 3.95. The van der Waals surface area contributed by atoms with Crippen molar-refractivity contribution in [1.29, 1.82) is 0 Å². The minimum atomic E-state index is -1.14. The van der Waals surface area contributed by atoms with E-state index in [1.165, 1.54) is 25.3 Å². The van der Waals surface area contributed by atoms with E-state index in [1.54, 1.807) is 0 Å². The molecule has 1 aliphatic rings. The molecule has 0 fully saturated rings. The zero-order valence-electron chi connectivity index (χ0n) is 17.8. The summed E-state index contributed by atoms with van der Waals surface area (Å²) in [5, 5.41) is 14.1. The molecule has 3 aromatic carbocycles. The Balaban J connectivity index is 1.31. The Morgan fingerprint density at radius 1 is 0.939 bits per heavy atom. The smallest absolute Gasteiger partial charge is 0.407 e. The summed E-state index contributed by atoms with van der Waals surface area (Å²) < 4.78 is 10.4. The van der Waals surface area contributed by atoms with Crippen molar-refractivity contribution in [3.05, 3.63) is 83.4 Å². The van der Waals surface area contributed by atoms with Crippen molar-refractivity contribution in [3.8, 4) is 16.9 Å². The van der Waals surface area contributed by atoms with Gasteiger partial charge in [-0.05, 0) is 34.4 Å². The van der Waals surface area contributed by atoms with E-state index < -0.39 is 18.0 Å². The summed E-state index contributed by atoms with van der Waals surface area (Å²) in [4.78, 5) is 35.5. The standard InChI is InChI=1S/C25H22N2O6/c1-32-22-12-15(10-11-20(22)24(29)30)27-23(28)13-26-25(31)33-14-21-18-8-4-2-6-16(18)17-7-3-5-9-19(17)21/h2-12,21H,13-14H2,1H3,(H,26,31)(H,27,28)(H,29,30). The predicted octanol–water partition coefficient (Wildman–Crippen LogP) is 3.87. The van der Waals surface area contributed by atoms with Gasteiger partial charge < -0.3 is 25.2 Å². The number of anilines is 1. The molecule has 1 aliphatic carbocycles. The molecule has 0 radical (unpaired) electrons. The second kappa shape index (κ2) is 9.44. The highest BCUT2D eigenvalue weighted by Gasteiger charge is 2.29. The molecule has 4 rings (SSSR count). The molecule has 0 aliphatic heterocycles. The first-order valence-electron chi connectivity index (χ1n) is 10.3. The van der Waals surface area contributed by atoms with E-state index in [1.807, 2.05) is 36.4 Å². The van der Waals surface area contributed by atoms with Gasteiger partial charge >= 0.3 is 12.1 Å². The highest BCUT2D eigenvalue weighted by molar-refractivity contribution is 5.96. The van der Waals surface area contributed by atoms with Gasteiger partial charge in [0.25, 0.3) is 0 Å². The second-order valence-electron chi connectivity index (χ2n) is 7.45. The number of alkyl carbamates (subject to hydrolysis) is 1. The van der Waals surface area contributed by atoms with Crippen LogP contribution in [0.25, 0.3) is 11.1 Å². The number of rotatable bonds is 7. The van der Waals surface area contributed by atoms with Crippen molar-refractivity contribution >= 4 is 23.7 Å². The number of hydrogen-bond donors (Lipinski definition) is 3. The molecule has 168 valence electrons. The number of benzene rings is 3. The summed E-state index contributed by atoms with van der Waals surface area (Å²) in [6, 6.07) is 20.2. The first kappa shape index (κ1) is 21.9. The quantitative estimate of drug-likeness (QED) is 0.508. The number of hydrogen-bond acceptors (Lipinski definition) is 5. The third-order valence-electron chi connectivity index (χ3n) is 5.45. The zero-order chi connectivity index (χ0) is 23.4. The van der Waals surface area contributed by atoms with Gasteiger partial charge in [-0.25, -0.2) is 9.59 Å². The molecule has 0 bridgehead atoms. The first-order chi connectivity index (χ1) is 16.0. The predicted molar refractivity (Wildman–Crippen MR) is 122 cm³/mol. The summed E-state index contributed by atoms with van der Waals surface area (Å²) in [6.07, 6.45) is -0.703. The van der Waals surface area contributed by atoms with Crippen molar-refractivity contribution in [2.45, 2.75) is 5.92 Å². The van der Waals surface area contributed by atoms with Gasteiger partial charge in [-0.2, -0.15) is 0 Å². The molecule has 3 N–H and O–H groups in total. The van der Waals surface area contributed by atoms with Crippen LogP contribution in [-0.4, -0.2) is 43.3 Å². The molecular formula is C25H22N2O6. The van der Waals surface area contributed by atoms with Gasteiger partial charge in [-0.15, -0.1) is 0 Å². The monoisotopic (exact) mass is 446 g/mol. The summed E-state index contributed by atoms with van der Waals surface area (Å²) in [5.41, 5.74) is 4.78. The van der Waals surface area contributed by atoms with Crippen molar-refractivity contribution in [2.24, 2.45) is 0 Å². The van der Waals surface area contributed by atoms with Gasteiger partial charge in [-0.1, -0.05) is 48.5 Å². The fourth-order valence-corrected chi connectivity index (χ4v) is 3.95. The SMILES string of the molecule is COc1cc(NC(=O)CNC(=O)OCC2c3ccccc3-c3ccccc32)ccc1C(=O)O. The van der Waals surface area contributed by atoms with Gasteiger partial charge in [-0.3, -0.25) is 4.79 Å². The number of carboxylic acids is 1. The van der Waals surface area contributed by atoms with Gasteiger partial charge in [0.05, 0.1) is 7.11 Å². The molecule has 0 spiro atoms. The molecule has 2 amide bonds. The van der Waals surface area contributed by atoms with Gasteiger partial charge in [0.1, 0.15) is 24.5 Å². The first-order valence-corrected chi connectivity index (χ1v) is 10.3. The number of carbonyl (C=O) groups excluding carboxylic acids is 2. The topological polar surface area (TPSA) is 114 Å². The third-order valence-corrected chi connectivity index (χ3v) is 5.45. The number of ether oxygens (including phenoxy) is 2. The second-order valence-corrected chi connectivity index (χ2v) is 7.45.